The summed E-state index contributed by atoms with van der Waals surface area (Å²) in [6.07, 6.45) is 3.34. The van der Waals surface area contributed by atoms with Gasteiger partial charge in [0, 0.05) is 46.8 Å². The van der Waals surface area contributed by atoms with Crippen molar-refractivity contribution in [3.63, 3.8) is 0 Å². The third-order valence-electron chi connectivity index (χ3n) is 5.63. The molecule has 3 heterocycles. The molecule has 10 heteroatoms. The number of halogens is 1. The molecule has 4 aromatic rings. The average Bonchev–Trinajstić information content (AvgIpc) is 3.28. The quantitative estimate of drug-likeness (QED) is 0.296. The first-order chi connectivity index (χ1) is 17.5. The molecule has 2 aromatic heterocycles. The molecule has 0 saturated carbocycles. The van der Waals surface area contributed by atoms with E-state index in [1.54, 1.807) is 29.3 Å². The fraction of sp³-hybridized carbons (Fsp3) is 0.115. The lowest BCUT2D eigenvalue weighted by molar-refractivity contribution is -0.122. The minimum Gasteiger partial charge on any atom is -0.340 e. The van der Waals surface area contributed by atoms with Gasteiger partial charge in [-0.3, -0.25) is 9.59 Å². The number of pyridine rings is 1. The molecule has 5 rings (SSSR count). The maximum atomic E-state index is 12.8. The molecule has 180 valence electrons. The van der Waals surface area contributed by atoms with Gasteiger partial charge in [-0.15, -0.1) is 0 Å². The number of rotatable bonds is 7. The summed E-state index contributed by atoms with van der Waals surface area (Å²) in [5, 5.41) is 9.27. The summed E-state index contributed by atoms with van der Waals surface area (Å²) in [7, 11) is 0. The number of benzene rings is 2. The molecule has 1 unspecified atom stereocenters. The van der Waals surface area contributed by atoms with E-state index in [1.807, 2.05) is 54.6 Å². The van der Waals surface area contributed by atoms with E-state index in [2.05, 4.69) is 46.8 Å². The minimum absolute atomic E-state index is 0.0606. The molecule has 2 amide bonds. The summed E-state index contributed by atoms with van der Waals surface area (Å²) >= 11 is 3.43. The Bertz CT molecular complexity index is 1380. The molecule has 1 saturated heterocycles. The minimum atomic E-state index is -0.416. The second-order valence-electron chi connectivity index (χ2n) is 8.21. The van der Waals surface area contributed by atoms with Gasteiger partial charge in [0.15, 0.2) is 0 Å². The third-order valence-corrected chi connectivity index (χ3v) is 6.12. The Balaban J connectivity index is 1.18. The van der Waals surface area contributed by atoms with Crippen molar-refractivity contribution in [3.8, 4) is 0 Å². The highest BCUT2D eigenvalue weighted by atomic mass is 79.9. The lowest BCUT2D eigenvalue weighted by Crippen LogP contribution is -2.28. The van der Waals surface area contributed by atoms with E-state index in [0.29, 0.717) is 29.7 Å². The van der Waals surface area contributed by atoms with E-state index in [0.717, 1.165) is 15.8 Å². The van der Waals surface area contributed by atoms with Crippen LogP contribution in [0.2, 0.25) is 0 Å². The maximum Gasteiger partial charge on any atom is 0.229 e. The van der Waals surface area contributed by atoms with E-state index in [9.17, 15) is 9.59 Å². The smallest absolute Gasteiger partial charge is 0.229 e. The summed E-state index contributed by atoms with van der Waals surface area (Å²) < 4.78 is 0.886. The van der Waals surface area contributed by atoms with E-state index >= 15 is 0 Å². The van der Waals surface area contributed by atoms with Crippen molar-refractivity contribution >= 4 is 62.3 Å². The standard InChI is InChI=1S/C26H22BrN7O2/c27-18-4-3-5-21(13-18)34-15-17(12-25(34)35)26(36)32-20-9-7-19(8-10-20)31-23-14-24(30-16-29-23)33-22-6-1-2-11-28-22/h1-11,13-14,16-17H,12,15H2,(H,32,36)(H2,28,29,30,31,33). The number of amides is 2. The van der Waals surface area contributed by atoms with Gasteiger partial charge in [-0.1, -0.05) is 28.1 Å². The van der Waals surface area contributed by atoms with Crippen molar-refractivity contribution in [1.29, 1.82) is 0 Å². The molecule has 0 bridgehead atoms. The zero-order valence-electron chi connectivity index (χ0n) is 19.1. The largest absolute Gasteiger partial charge is 0.340 e. The zero-order valence-corrected chi connectivity index (χ0v) is 20.6. The number of carbonyl (C=O) groups is 2. The van der Waals surface area contributed by atoms with Crippen LogP contribution in [0.4, 0.5) is 34.5 Å². The number of hydrogen-bond acceptors (Lipinski definition) is 7. The Kier molecular flexibility index (Phi) is 6.85. The Morgan fingerprint density at radius 3 is 2.39 bits per heavy atom. The lowest BCUT2D eigenvalue weighted by Gasteiger charge is -2.17. The summed E-state index contributed by atoms with van der Waals surface area (Å²) in [5.41, 5.74) is 2.23. The molecular formula is C26H22BrN7O2. The van der Waals surface area contributed by atoms with Crippen molar-refractivity contribution in [3.05, 3.63) is 89.8 Å². The first kappa shape index (κ1) is 23.4. The van der Waals surface area contributed by atoms with Crippen LogP contribution in [0.25, 0.3) is 0 Å². The van der Waals surface area contributed by atoms with Crippen LogP contribution < -0.4 is 20.9 Å². The Morgan fingerprint density at radius 2 is 1.64 bits per heavy atom. The molecule has 0 aliphatic carbocycles. The summed E-state index contributed by atoms with van der Waals surface area (Å²) in [4.78, 5) is 39.7. The predicted octanol–water partition coefficient (Wildman–Crippen LogP) is 5.11. The molecule has 36 heavy (non-hydrogen) atoms. The van der Waals surface area contributed by atoms with Crippen LogP contribution in [0.5, 0.6) is 0 Å². The van der Waals surface area contributed by atoms with Crippen molar-refractivity contribution in [2.24, 2.45) is 5.92 Å². The van der Waals surface area contributed by atoms with Gasteiger partial charge in [-0.05, 0) is 54.6 Å². The van der Waals surface area contributed by atoms with Crippen molar-refractivity contribution in [2.45, 2.75) is 6.42 Å². The van der Waals surface area contributed by atoms with Crippen LogP contribution >= 0.6 is 15.9 Å². The Labute approximate surface area is 216 Å². The first-order valence-electron chi connectivity index (χ1n) is 11.3. The second kappa shape index (κ2) is 10.5. The number of anilines is 6. The zero-order chi connectivity index (χ0) is 24.9. The molecule has 0 radical (unpaired) electrons. The molecule has 1 aliphatic rings. The van der Waals surface area contributed by atoms with E-state index in [1.165, 1.54) is 6.33 Å². The summed E-state index contributed by atoms with van der Waals surface area (Å²) in [5.74, 6) is 1.25. The Hall–Kier alpha value is -4.31. The van der Waals surface area contributed by atoms with Gasteiger partial charge in [-0.25, -0.2) is 15.0 Å². The molecule has 0 spiro atoms. The second-order valence-corrected chi connectivity index (χ2v) is 9.12. The number of aromatic nitrogens is 3. The van der Waals surface area contributed by atoms with Crippen molar-refractivity contribution in [2.75, 3.05) is 27.4 Å². The fourth-order valence-corrected chi connectivity index (χ4v) is 4.25. The van der Waals surface area contributed by atoms with Gasteiger partial charge in [0.25, 0.3) is 0 Å². The van der Waals surface area contributed by atoms with Gasteiger partial charge in [-0.2, -0.15) is 0 Å². The maximum absolute atomic E-state index is 12.8. The van der Waals surface area contributed by atoms with Gasteiger partial charge < -0.3 is 20.9 Å². The van der Waals surface area contributed by atoms with Gasteiger partial charge in [0.05, 0.1) is 5.92 Å². The van der Waals surface area contributed by atoms with Crippen LogP contribution in [0.1, 0.15) is 6.42 Å². The Morgan fingerprint density at radius 1 is 0.861 bits per heavy atom. The molecule has 3 N–H and O–H groups in total. The van der Waals surface area contributed by atoms with Gasteiger partial charge >= 0.3 is 0 Å². The normalized spacial score (nSPS) is 15.0. The number of nitrogens with one attached hydrogen (secondary N) is 3. The predicted molar refractivity (Wildman–Crippen MR) is 143 cm³/mol. The highest BCUT2D eigenvalue weighted by Crippen LogP contribution is 2.28. The number of hydrogen-bond donors (Lipinski definition) is 3. The van der Waals surface area contributed by atoms with E-state index in [4.69, 9.17) is 0 Å². The first-order valence-corrected chi connectivity index (χ1v) is 12.1. The molecule has 1 atom stereocenters. The van der Waals surface area contributed by atoms with E-state index in [-0.39, 0.29) is 18.2 Å². The highest BCUT2D eigenvalue weighted by molar-refractivity contribution is 9.10. The van der Waals surface area contributed by atoms with E-state index < -0.39 is 5.92 Å². The van der Waals surface area contributed by atoms with Crippen LogP contribution in [0.3, 0.4) is 0 Å². The number of nitrogens with zero attached hydrogens (tertiary/aromatic N) is 4. The van der Waals surface area contributed by atoms with Crippen LogP contribution in [0, 0.1) is 5.92 Å². The molecule has 1 aliphatic heterocycles. The lowest BCUT2D eigenvalue weighted by atomic mass is 10.1. The monoisotopic (exact) mass is 543 g/mol. The van der Waals surface area contributed by atoms with Gasteiger partial charge in [0.1, 0.15) is 23.8 Å². The van der Waals surface area contributed by atoms with Crippen molar-refractivity contribution < 1.29 is 9.59 Å². The number of carbonyl (C=O) groups excluding carboxylic acids is 2. The summed E-state index contributed by atoms with van der Waals surface area (Å²) in [6.45, 7) is 0.351. The third kappa shape index (κ3) is 5.66. The van der Waals surface area contributed by atoms with Crippen LogP contribution in [-0.2, 0) is 9.59 Å². The topological polar surface area (TPSA) is 112 Å². The molecule has 1 fully saturated rings. The SMILES string of the molecule is O=C(Nc1ccc(Nc2cc(Nc3ccccn3)ncn2)cc1)C1CC(=O)N(c2cccc(Br)c2)C1. The van der Waals surface area contributed by atoms with Crippen LogP contribution in [-0.4, -0.2) is 33.3 Å². The fourth-order valence-electron chi connectivity index (χ4n) is 3.87. The van der Waals surface area contributed by atoms with Gasteiger partial charge in [0.2, 0.25) is 11.8 Å². The van der Waals surface area contributed by atoms with Crippen LogP contribution in [0.15, 0.2) is 89.8 Å². The highest BCUT2D eigenvalue weighted by Gasteiger charge is 2.35. The summed E-state index contributed by atoms with van der Waals surface area (Å²) in [6, 6.07) is 22.2. The van der Waals surface area contributed by atoms with Crippen molar-refractivity contribution in [1.82, 2.24) is 15.0 Å². The molecular weight excluding hydrogens is 522 g/mol. The molecule has 2 aromatic carbocycles. The molecule has 9 nitrogen and oxygen atoms in total. The average molecular weight is 544 g/mol.